The molecule has 0 saturated heterocycles. The Kier molecular flexibility index (Phi) is 5.38. The van der Waals surface area contributed by atoms with E-state index in [9.17, 15) is 0 Å². The van der Waals surface area contributed by atoms with Crippen molar-refractivity contribution in [1.82, 2.24) is 0 Å². The van der Waals surface area contributed by atoms with Gasteiger partial charge in [0.15, 0.2) is 0 Å². The van der Waals surface area contributed by atoms with Gasteiger partial charge in [-0.15, -0.1) is 12.4 Å². The number of hydrogen-bond acceptors (Lipinski definition) is 1. The van der Waals surface area contributed by atoms with Gasteiger partial charge in [0.25, 0.3) is 0 Å². The van der Waals surface area contributed by atoms with Gasteiger partial charge in [0.05, 0.1) is 0 Å². The Bertz CT molecular complexity index is 253. The molecule has 0 bridgehead atoms. The van der Waals surface area contributed by atoms with Crippen molar-refractivity contribution < 1.29 is 0 Å². The number of nitrogens with two attached hydrogens (primary N) is 1. The first-order chi connectivity index (χ1) is 5.66. The molecule has 0 unspecified atom stereocenters. The molecule has 1 aromatic rings. The van der Waals surface area contributed by atoms with Crippen LogP contribution in [0.2, 0.25) is 5.02 Å². The Hall–Kier alpha value is -0.240. The monoisotopic (exact) mass is 219 g/mol. The Morgan fingerprint density at radius 2 is 2.08 bits per heavy atom. The molecule has 74 valence electrons. The Morgan fingerprint density at radius 1 is 1.46 bits per heavy atom. The number of hydrogen-bond donors (Lipinski definition) is 1. The van der Waals surface area contributed by atoms with Crippen LogP contribution < -0.4 is 5.73 Å². The van der Waals surface area contributed by atoms with Crippen LogP contribution in [0, 0.1) is 6.92 Å². The molecule has 0 aromatic heterocycles. The van der Waals surface area contributed by atoms with E-state index in [-0.39, 0.29) is 18.4 Å². The standard InChI is InChI=1S/C10H14ClN.ClH/c1-3-9(12)10-7(2)5-4-6-8(10)11;/h4-6,9H,3,12H2,1-2H3;1H/t9-;/m0./s1. The normalized spacial score (nSPS) is 12.0. The van der Waals surface area contributed by atoms with Gasteiger partial charge in [0.1, 0.15) is 0 Å². The van der Waals surface area contributed by atoms with Gasteiger partial charge >= 0.3 is 0 Å². The van der Waals surface area contributed by atoms with Crippen molar-refractivity contribution in [2.75, 3.05) is 0 Å². The topological polar surface area (TPSA) is 26.0 Å². The molecule has 3 heteroatoms. The maximum absolute atomic E-state index is 6.02. The summed E-state index contributed by atoms with van der Waals surface area (Å²) in [6.07, 6.45) is 0.921. The van der Waals surface area contributed by atoms with Gasteiger partial charge < -0.3 is 5.73 Å². The van der Waals surface area contributed by atoms with Gasteiger partial charge in [0, 0.05) is 11.1 Å². The third kappa shape index (κ3) is 2.87. The third-order valence-electron chi connectivity index (χ3n) is 2.08. The van der Waals surface area contributed by atoms with Crippen LogP contribution in [0.25, 0.3) is 0 Å². The zero-order valence-electron chi connectivity index (χ0n) is 7.88. The van der Waals surface area contributed by atoms with Crippen molar-refractivity contribution in [2.24, 2.45) is 5.73 Å². The van der Waals surface area contributed by atoms with Gasteiger partial charge in [0.2, 0.25) is 0 Å². The highest BCUT2D eigenvalue weighted by Crippen LogP contribution is 2.26. The summed E-state index contributed by atoms with van der Waals surface area (Å²) >= 11 is 6.02. The predicted molar refractivity (Wildman–Crippen MR) is 60.7 cm³/mol. The molecule has 1 nitrogen and oxygen atoms in total. The van der Waals surface area contributed by atoms with Crippen molar-refractivity contribution in [3.63, 3.8) is 0 Å². The summed E-state index contributed by atoms with van der Waals surface area (Å²) in [5.41, 5.74) is 8.17. The lowest BCUT2D eigenvalue weighted by Gasteiger charge is -2.13. The van der Waals surface area contributed by atoms with E-state index >= 15 is 0 Å². The SMILES string of the molecule is CC[C@H](N)c1c(C)cccc1Cl.Cl. The van der Waals surface area contributed by atoms with Crippen LogP contribution in [0.15, 0.2) is 18.2 Å². The minimum Gasteiger partial charge on any atom is -0.324 e. The highest BCUT2D eigenvalue weighted by Gasteiger charge is 2.09. The molecule has 0 amide bonds. The van der Waals surface area contributed by atoms with E-state index in [1.165, 1.54) is 5.56 Å². The van der Waals surface area contributed by atoms with E-state index in [1.807, 2.05) is 25.1 Å². The lowest BCUT2D eigenvalue weighted by molar-refractivity contribution is 0.694. The lowest BCUT2D eigenvalue weighted by Crippen LogP contribution is -2.10. The molecular weight excluding hydrogens is 205 g/mol. The van der Waals surface area contributed by atoms with E-state index in [0.717, 1.165) is 17.0 Å². The zero-order chi connectivity index (χ0) is 9.14. The molecule has 0 aliphatic rings. The molecule has 1 atom stereocenters. The highest BCUT2D eigenvalue weighted by molar-refractivity contribution is 6.31. The van der Waals surface area contributed by atoms with Gasteiger partial charge in [-0.3, -0.25) is 0 Å². The Labute approximate surface area is 90.7 Å². The maximum atomic E-state index is 6.02. The first kappa shape index (κ1) is 12.8. The van der Waals surface area contributed by atoms with Crippen LogP contribution in [0.3, 0.4) is 0 Å². The van der Waals surface area contributed by atoms with Crippen molar-refractivity contribution >= 4 is 24.0 Å². The van der Waals surface area contributed by atoms with Crippen LogP contribution in [0.1, 0.15) is 30.5 Å². The molecule has 1 aromatic carbocycles. The van der Waals surface area contributed by atoms with Crippen molar-refractivity contribution in [3.8, 4) is 0 Å². The fraction of sp³-hybridized carbons (Fsp3) is 0.400. The van der Waals surface area contributed by atoms with E-state index in [0.29, 0.717) is 0 Å². The summed E-state index contributed by atoms with van der Waals surface area (Å²) in [7, 11) is 0. The van der Waals surface area contributed by atoms with Crippen LogP contribution >= 0.6 is 24.0 Å². The van der Waals surface area contributed by atoms with Crippen LogP contribution in [0.5, 0.6) is 0 Å². The second kappa shape index (κ2) is 5.48. The number of rotatable bonds is 2. The molecule has 0 aliphatic carbocycles. The van der Waals surface area contributed by atoms with Gasteiger partial charge in [-0.2, -0.15) is 0 Å². The Morgan fingerprint density at radius 3 is 2.54 bits per heavy atom. The average Bonchev–Trinajstić information content (AvgIpc) is 2.03. The minimum atomic E-state index is 0. The molecular formula is C10H15Cl2N. The molecule has 0 fully saturated rings. The molecule has 2 N–H and O–H groups in total. The van der Waals surface area contributed by atoms with E-state index in [2.05, 4.69) is 6.92 Å². The number of aryl methyl sites for hydroxylation is 1. The quantitative estimate of drug-likeness (QED) is 0.811. The molecule has 1 rings (SSSR count). The van der Waals surface area contributed by atoms with E-state index in [4.69, 9.17) is 17.3 Å². The van der Waals surface area contributed by atoms with Crippen LogP contribution in [-0.2, 0) is 0 Å². The fourth-order valence-electron chi connectivity index (χ4n) is 1.32. The smallest absolute Gasteiger partial charge is 0.0456 e. The van der Waals surface area contributed by atoms with Crippen molar-refractivity contribution in [3.05, 3.63) is 34.3 Å². The van der Waals surface area contributed by atoms with Gasteiger partial charge in [-0.1, -0.05) is 30.7 Å². The predicted octanol–water partition coefficient (Wildman–Crippen LogP) is 3.48. The summed E-state index contributed by atoms with van der Waals surface area (Å²) in [6.45, 7) is 4.10. The second-order valence-electron chi connectivity index (χ2n) is 2.99. The van der Waals surface area contributed by atoms with Crippen molar-refractivity contribution in [1.29, 1.82) is 0 Å². The minimum absolute atomic E-state index is 0. The number of benzene rings is 1. The summed E-state index contributed by atoms with van der Waals surface area (Å²) < 4.78 is 0. The second-order valence-corrected chi connectivity index (χ2v) is 3.39. The largest absolute Gasteiger partial charge is 0.324 e. The summed E-state index contributed by atoms with van der Waals surface area (Å²) in [5, 5.41) is 0.782. The average molecular weight is 220 g/mol. The summed E-state index contributed by atoms with van der Waals surface area (Å²) in [5.74, 6) is 0. The fourth-order valence-corrected chi connectivity index (χ4v) is 1.68. The molecule has 0 saturated carbocycles. The molecule has 0 radical (unpaired) electrons. The highest BCUT2D eigenvalue weighted by atomic mass is 35.5. The summed E-state index contributed by atoms with van der Waals surface area (Å²) in [4.78, 5) is 0. The maximum Gasteiger partial charge on any atom is 0.0456 e. The van der Waals surface area contributed by atoms with Gasteiger partial charge in [-0.05, 0) is 30.5 Å². The van der Waals surface area contributed by atoms with Crippen molar-refractivity contribution in [2.45, 2.75) is 26.3 Å². The van der Waals surface area contributed by atoms with Crippen LogP contribution in [-0.4, -0.2) is 0 Å². The first-order valence-electron chi connectivity index (χ1n) is 4.17. The van der Waals surface area contributed by atoms with Crippen LogP contribution in [0.4, 0.5) is 0 Å². The Balaban J connectivity index is 0.00000144. The third-order valence-corrected chi connectivity index (χ3v) is 2.41. The molecule has 0 spiro atoms. The molecule has 0 aliphatic heterocycles. The number of halogens is 2. The van der Waals surface area contributed by atoms with E-state index in [1.54, 1.807) is 0 Å². The zero-order valence-corrected chi connectivity index (χ0v) is 9.45. The molecule has 13 heavy (non-hydrogen) atoms. The summed E-state index contributed by atoms with van der Waals surface area (Å²) in [6, 6.07) is 5.94. The lowest BCUT2D eigenvalue weighted by atomic mass is 10.0. The van der Waals surface area contributed by atoms with E-state index < -0.39 is 0 Å². The van der Waals surface area contributed by atoms with Gasteiger partial charge in [-0.25, -0.2) is 0 Å². The first-order valence-corrected chi connectivity index (χ1v) is 4.55. The molecule has 0 heterocycles.